The molecule has 7 unspecified atom stereocenters. The van der Waals surface area contributed by atoms with E-state index in [0.717, 1.165) is 0 Å². The molecule has 2 rings (SSSR count). The zero-order valence-corrected chi connectivity index (χ0v) is 10.8. The van der Waals surface area contributed by atoms with Crippen molar-refractivity contribution in [2.75, 3.05) is 0 Å². The van der Waals surface area contributed by atoms with Crippen LogP contribution in [-0.4, -0.2) is 67.6 Å². The fraction of sp³-hybridized carbons (Fsp3) is 0.833. The average molecular weight is 273 g/mol. The first kappa shape index (κ1) is 14.2. The van der Waals surface area contributed by atoms with Crippen molar-refractivity contribution in [2.24, 2.45) is 11.8 Å². The van der Waals surface area contributed by atoms with E-state index >= 15 is 0 Å². The normalized spacial score (nSPS) is 42.5. The number of rotatable bonds is 3. The van der Waals surface area contributed by atoms with Gasteiger partial charge in [-0.2, -0.15) is 0 Å². The van der Waals surface area contributed by atoms with E-state index in [-0.39, 0.29) is 11.8 Å². The minimum Gasteiger partial charge on any atom is -0.481 e. The van der Waals surface area contributed by atoms with Crippen molar-refractivity contribution in [1.29, 1.82) is 0 Å². The molecule has 4 N–H and O–H groups in total. The molecule has 1 saturated heterocycles. The summed E-state index contributed by atoms with van der Waals surface area (Å²) in [5.41, 5.74) is 0. The second-order valence-corrected chi connectivity index (χ2v) is 5.37. The van der Waals surface area contributed by atoms with Crippen LogP contribution in [0.15, 0.2) is 0 Å². The van der Waals surface area contributed by atoms with Crippen LogP contribution in [0.2, 0.25) is 0 Å². The fourth-order valence-electron chi connectivity index (χ4n) is 2.85. The van der Waals surface area contributed by atoms with Crippen LogP contribution in [-0.2, 0) is 9.59 Å². The number of fused-ring (bicyclic) bond motifs is 1. The first-order chi connectivity index (χ1) is 8.82. The third kappa shape index (κ3) is 2.01. The number of carbonyl (C=O) groups excluding carboxylic acids is 1. The number of likely N-dealkylation sites (tertiary alicyclic amines) is 1. The van der Waals surface area contributed by atoms with Gasteiger partial charge in [0, 0.05) is 5.92 Å². The Balaban J connectivity index is 2.24. The molecule has 1 amide bonds. The summed E-state index contributed by atoms with van der Waals surface area (Å²) in [4.78, 5) is 24.5. The van der Waals surface area contributed by atoms with Gasteiger partial charge in [0.1, 0.15) is 18.1 Å². The third-order valence-electron chi connectivity index (χ3n) is 4.26. The lowest BCUT2D eigenvalue weighted by Crippen LogP contribution is -2.53. The van der Waals surface area contributed by atoms with Gasteiger partial charge in [-0.25, -0.2) is 0 Å². The summed E-state index contributed by atoms with van der Waals surface area (Å²) in [6, 6.07) is -1.44. The molecule has 7 atom stereocenters. The van der Waals surface area contributed by atoms with Crippen LogP contribution in [0.4, 0.5) is 0 Å². The molecule has 1 aliphatic carbocycles. The van der Waals surface area contributed by atoms with E-state index in [4.69, 9.17) is 5.11 Å². The van der Waals surface area contributed by atoms with Crippen LogP contribution < -0.4 is 0 Å². The molecule has 0 aromatic heterocycles. The number of aliphatic carboxylic acids is 1. The predicted octanol–water partition coefficient (Wildman–Crippen LogP) is -1.59. The summed E-state index contributed by atoms with van der Waals surface area (Å²) in [6.07, 6.45) is -3.81. The Bertz CT molecular complexity index is 400. The minimum absolute atomic E-state index is 0.246. The van der Waals surface area contributed by atoms with Crippen molar-refractivity contribution < 1.29 is 30.0 Å². The monoisotopic (exact) mass is 273 g/mol. The summed E-state index contributed by atoms with van der Waals surface area (Å²) < 4.78 is 0. The van der Waals surface area contributed by atoms with E-state index in [1.807, 2.05) is 6.92 Å². The molecular weight excluding hydrogens is 254 g/mol. The first-order valence-electron chi connectivity index (χ1n) is 6.42. The second kappa shape index (κ2) is 4.73. The number of hydrogen-bond acceptors (Lipinski definition) is 5. The lowest BCUT2D eigenvalue weighted by molar-refractivity contribution is -0.156. The van der Waals surface area contributed by atoms with Crippen LogP contribution in [0.1, 0.15) is 20.3 Å². The van der Waals surface area contributed by atoms with Crippen molar-refractivity contribution in [1.82, 2.24) is 4.90 Å². The molecule has 0 radical (unpaired) electrons. The van der Waals surface area contributed by atoms with Crippen LogP contribution in [0.5, 0.6) is 0 Å². The standard InChI is InChI=1S/C12H19NO6/c1-3-4(2)11(17)13-6-5(12(18)19)8(14)10(16)9(15)7(6)13/h4-10,14-16H,3H2,1-2H3,(H,18,19). The molecule has 0 aromatic rings. The third-order valence-corrected chi connectivity index (χ3v) is 4.26. The van der Waals surface area contributed by atoms with E-state index in [9.17, 15) is 24.9 Å². The molecule has 7 nitrogen and oxygen atoms in total. The minimum atomic E-state index is -1.57. The van der Waals surface area contributed by atoms with Gasteiger partial charge >= 0.3 is 5.97 Å². The van der Waals surface area contributed by atoms with E-state index < -0.39 is 42.3 Å². The smallest absolute Gasteiger partial charge is 0.311 e. The van der Waals surface area contributed by atoms with Gasteiger partial charge in [0.15, 0.2) is 0 Å². The van der Waals surface area contributed by atoms with Crippen molar-refractivity contribution in [3.05, 3.63) is 0 Å². The lowest BCUT2D eigenvalue weighted by atomic mass is 9.83. The number of nitrogens with zero attached hydrogens (tertiary/aromatic N) is 1. The number of carboxylic acids is 1. The Hall–Kier alpha value is -1.18. The quantitative estimate of drug-likeness (QED) is 0.460. The van der Waals surface area contributed by atoms with Crippen LogP contribution in [0.25, 0.3) is 0 Å². The van der Waals surface area contributed by atoms with Gasteiger partial charge in [0.25, 0.3) is 0 Å². The SMILES string of the molecule is CCC(C)C(=O)N1C2C(O)C(O)C(O)C(C(=O)O)C21. The van der Waals surface area contributed by atoms with E-state index in [2.05, 4.69) is 0 Å². The Morgan fingerprint density at radius 2 is 1.68 bits per heavy atom. The lowest BCUT2D eigenvalue weighted by Gasteiger charge is -2.30. The van der Waals surface area contributed by atoms with Crippen LogP contribution >= 0.6 is 0 Å². The highest BCUT2D eigenvalue weighted by Crippen LogP contribution is 2.45. The number of carbonyl (C=O) groups is 2. The van der Waals surface area contributed by atoms with Gasteiger partial charge in [-0.3, -0.25) is 9.59 Å². The summed E-state index contributed by atoms with van der Waals surface area (Å²) in [5, 5.41) is 38.3. The highest BCUT2D eigenvalue weighted by molar-refractivity contribution is 5.84. The zero-order valence-electron chi connectivity index (χ0n) is 10.8. The summed E-state index contributed by atoms with van der Waals surface area (Å²) in [7, 11) is 0. The fourth-order valence-corrected chi connectivity index (χ4v) is 2.85. The maximum absolute atomic E-state index is 12.1. The maximum atomic E-state index is 12.1. The largest absolute Gasteiger partial charge is 0.481 e. The van der Waals surface area contributed by atoms with Gasteiger partial charge in [-0.15, -0.1) is 0 Å². The van der Waals surface area contributed by atoms with E-state index in [1.165, 1.54) is 4.90 Å². The second-order valence-electron chi connectivity index (χ2n) is 5.37. The number of carboxylic acid groups (broad SMARTS) is 1. The first-order valence-corrected chi connectivity index (χ1v) is 6.42. The summed E-state index contributed by atoms with van der Waals surface area (Å²) >= 11 is 0. The molecule has 19 heavy (non-hydrogen) atoms. The molecule has 0 spiro atoms. The highest BCUT2D eigenvalue weighted by Gasteiger charge is 2.67. The number of amides is 1. The summed E-state index contributed by atoms with van der Waals surface area (Å²) in [5.74, 6) is -3.05. The van der Waals surface area contributed by atoms with Crippen molar-refractivity contribution >= 4 is 11.9 Å². The molecule has 1 heterocycles. The van der Waals surface area contributed by atoms with Gasteiger partial charge in [-0.1, -0.05) is 13.8 Å². The topological polar surface area (TPSA) is 118 Å². The molecular formula is C12H19NO6. The highest BCUT2D eigenvalue weighted by atomic mass is 16.4. The van der Waals surface area contributed by atoms with E-state index in [0.29, 0.717) is 6.42 Å². The van der Waals surface area contributed by atoms with Gasteiger partial charge < -0.3 is 25.3 Å². The number of aliphatic hydroxyl groups excluding tert-OH is 3. The molecule has 2 fully saturated rings. The number of aliphatic hydroxyl groups is 3. The maximum Gasteiger partial charge on any atom is 0.311 e. The van der Waals surface area contributed by atoms with E-state index in [1.54, 1.807) is 6.92 Å². The molecule has 0 bridgehead atoms. The Kier molecular flexibility index (Phi) is 3.55. The molecule has 0 aromatic carbocycles. The van der Waals surface area contributed by atoms with Crippen LogP contribution in [0, 0.1) is 11.8 Å². The molecule has 2 aliphatic rings. The Labute approximate surface area is 110 Å². The predicted molar refractivity (Wildman–Crippen MR) is 63.0 cm³/mol. The molecule has 108 valence electrons. The van der Waals surface area contributed by atoms with Gasteiger partial charge in [-0.05, 0) is 6.42 Å². The van der Waals surface area contributed by atoms with Gasteiger partial charge in [0.05, 0.1) is 18.2 Å². The van der Waals surface area contributed by atoms with Crippen molar-refractivity contribution in [2.45, 2.75) is 50.7 Å². The van der Waals surface area contributed by atoms with Crippen molar-refractivity contribution in [3.8, 4) is 0 Å². The van der Waals surface area contributed by atoms with Crippen molar-refractivity contribution in [3.63, 3.8) is 0 Å². The molecule has 1 saturated carbocycles. The van der Waals surface area contributed by atoms with Gasteiger partial charge in [0.2, 0.25) is 5.91 Å². The zero-order chi connectivity index (χ0) is 14.5. The molecule has 7 heteroatoms. The molecule has 1 aliphatic heterocycles. The number of hydrogen-bond donors (Lipinski definition) is 4. The van der Waals surface area contributed by atoms with Crippen LogP contribution in [0.3, 0.4) is 0 Å². The Morgan fingerprint density at radius 3 is 2.16 bits per heavy atom. The average Bonchev–Trinajstić information content (AvgIpc) is 3.08. The summed E-state index contributed by atoms with van der Waals surface area (Å²) in [6.45, 7) is 3.56. The Morgan fingerprint density at radius 1 is 1.11 bits per heavy atom.